The lowest BCUT2D eigenvalue weighted by Gasteiger charge is -2.30. The van der Waals surface area contributed by atoms with Crippen molar-refractivity contribution in [2.75, 3.05) is 32.7 Å². The highest BCUT2D eigenvalue weighted by molar-refractivity contribution is 6.31. The number of benzene rings is 2. The molecule has 2 aliphatic rings. The van der Waals surface area contributed by atoms with Gasteiger partial charge in [0.15, 0.2) is 0 Å². The van der Waals surface area contributed by atoms with Crippen LogP contribution in [0.4, 0.5) is 5.69 Å². The summed E-state index contributed by atoms with van der Waals surface area (Å²) in [6.07, 6.45) is 7.49. The number of rotatable bonds is 11. The van der Waals surface area contributed by atoms with Crippen molar-refractivity contribution >= 4 is 40.1 Å². The van der Waals surface area contributed by atoms with Crippen LogP contribution in [0.2, 0.25) is 5.02 Å². The number of carbonyl (C=O) groups is 2. The number of anilines is 1. The normalized spacial score (nSPS) is 15.1. The SMILES string of the molecule is COC(=O)C1=C(C)NC(C)=C(C(=O)OC)C1c1ccc(OCCCCCNc2c3c(nc4cc(C)ccc24)CCCC3)cc1Cl. The summed E-state index contributed by atoms with van der Waals surface area (Å²) in [6, 6.07) is 11.9. The van der Waals surface area contributed by atoms with Crippen LogP contribution >= 0.6 is 11.6 Å². The highest BCUT2D eigenvalue weighted by Gasteiger charge is 2.38. The quantitative estimate of drug-likeness (QED) is 0.168. The van der Waals surface area contributed by atoms with Crippen molar-refractivity contribution in [3.8, 4) is 5.75 Å². The molecule has 0 amide bonds. The number of methoxy groups -OCH3 is 2. The molecule has 0 atom stereocenters. The number of fused-ring (bicyclic) bond motifs is 2. The topological polar surface area (TPSA) is 98.8 Å². The van der Waals surface area contributed by atoms with E-state index in [2.05, 4.69) is 35.8 Å². The monoisotopic (exact) mass is 631 g/mol. The Labute approximate surface area is 270 Å². The van der Waals surface area contributed by atoms with Crippen LogP contribution in [0.1, 0.15) is 74.3 Å². The first-order valence-corrected chi connectivity index (χ1v) is 16.0. The largest absolute Gasteiger partial charge is 0.494 e. The molecular weight excluding hydrogens is 590 g/mol. The smallest absolute Gasteiger partial charge is 0.336 e. The number of allylic oxidation sites excluding steroid dienone is 2. The Kier molecular flexibility index (Phi) is 10.3. The van der Waals surface area contributed by atoms with Gasteiger partial charge in [0.1, 0.15) is 5.75 Å². The molecule has 0 radical (unpaired) electrons. The fraction of sp³-hybridized carbons (Fsp3) is 0.417. The van der Waals surface area contributed by atoms with Crippen LogP contribution in [0.25, 0.3) is 10.9 Å². The molecule has 2 N–H and O–H groups in total. The zero-order chi connectivity index (χ0) is 32.1. The number of carbonyl (C=O) groups excluding carboxylic acids is 2. The van der Waals surface area contributed by atoms with Gasteiger partial charge in [0.25, 0.3) is 0 Å². The van der Waals surface area contributed by atoms with E-state index < -0.39 is 17.9 Å². The first kappa shape index (κ1) is 32.4. The summed E-state index contributed by atoms with van der Waals surface area (Å²) in [5.74, 6) is -1.21. The van der Waals surface area contributed by atoms with Crippen molar-refractivity contribution in [1.82, 2.24) is 10.3 Å². The molecule has 1 aliphatic carbocycles. The minimum absolute atomic E-state index is 0.308. The number of hydrogen-bond acceptors (Lipinski definition) is 8. The van der Waals surface area contributed by atoms with Crippen LogP contribution in [-0.2, 0) is 31.9 Å². The minimum Gasteiger partial charge on any atom is -0.494 e. The average Bonchev–Trinajstić information content (AvgIpc) is 3.02. The van der Waals surface area contributed by atoms with E-state index in [1.807, 2.05) is 6.07 Å². The molecule has 0 saturated heterocycles. The maximum absolute atomic E-state index is 12.8. The van der Waals surface area contributed by atoms with Gasteiger partial charge in [-0.15, -0.1) is 0 Å². The molecule has 9 heteroatoms. The predicted octanol–water partition coefficient (Wildman–Crippen LogP) is 7.32. The summed E-state index contributed by atoms with van der Waals surface area (Å²) >= 11 is 6.76. The van der Waals surface area contributed by atoms with Crippen LogP contribution < -0.4 is 15.4 Å². The summed E-state index contributed by atoms with van der Waals surface area (Å²) < 4.78 is 16.1. The Morgan fingerprint density at radius 1 is 0.933 bits per heavy atom. The summed E-state index contributed by atoms with van der Waals surface area (Å²) in [4.78, 5) is 30.6. The number of dihydropyridines is 1. The molecule has 8 nitrogen and oxygen atoms in total. The van der Waals surface area contributed by atoms with Crippen molar-refractivity contribution in [2.24, 2.45) is 0 Å². The number of nitrogens with one attached hydrogen (secondary N) is 2. The van der Waals surface area contributed by atoms with Gasteiger partial charge in [0.2, 0.25) is 0 Å². The second kappa shape index (κ2) is 14.4. The zero-order valence-corrected chi connectivity index (χ0v) is 27.5. The third-order valence-electron chi connectivity index (χ3n) is 8.66. The van der Waals surface area contributed by atoms with Crippen LogP contribution in [0, 0.1) is 6.92 Å². The Morgan fingerprint density at radius 2 is 1.64 bits per heavy atom. The molecule has 0 saturated carbocycles. The second-order valence-electron chi connectivity index (χ2n) is 11.8. The van der Waals surface area contributed by atoms with Crippen molar-refractivity contribution in [1.29, 1.82) is 0 Å². The predicted molar refractivity (Wildman–Crippen MR) is 178 cm³/mol. The van der Waals surface area contributed by atoms with Gasteiger partial charge in [-0.2, -0.15) is 0 Å². The number of nitrogens with zero attached hydrogens (tertiary/aromatic N) is 1. The van der Waals surface area contributed by atoms with E-state index in [0.29, 0.717) is 45.5 Å². The summed E-state index contributed by atoms with van der Waals surface area (Å²) in [5.41, 5.74) is 8.61. The molecule has 2 aromatic carbocycles. The highest BCUT2D eigenvalue weighted by atomic mass is 35.5. The molecule has 0 spiro atoms. The number of ether oxygens (including phenoxy) is 3. The average molecular weight is 632 g/mol. The van der Waals surface area contributed by atoms with Crippen molar-refractivity contribution in [3.63, 3.8) is 0 Å². The van der Waals surface area contributed by atoms with Gasteiger partial charge in [0.05, 0.1) is 43.4 Å². The third-order valence-corrected chi connectivity index (χ3v) is 8.99. The van der Waals surface area contributed by atoms with E-state index in [1.54, 1.807) is 26.0 Å². The van der Waals surface area contributed by atoms with Gasteiger partial charge in [-0.25, -0.2) is 9.59 Å². The van der Waals surface area contributed by atoms with Crippen molar-refractivity contribution in [2.45, 2.75) is 71.6 Å². The molecule has 45 heavy (non-hydrogen) atoms. The first-order valence-electron chi connectivity index (χ1n) is 15.7. The maximum Gasteiger partial charge on any atom is 0.336 e. The van der Waals surface area contributed by atoms with Crippen LogP contribution in [0.15, 0.2) is 58.9 Å². The van der Waals surface area contributed by atoms with E-state index in [4.69, 9.17) is 30.8 Å². The molecule has 0 unspecified atom stereocenters. The summed E-state index contributed by atoms with van der Waals surface area (Å²) in [7, 11) is 2.62. The van der Waals surface area contributed by atoms with Crippen molar-refractivity contribution < 1.29 is 23.8 Å². The third kappa shape index (κ3) is 6.96. The lowest BCUT2D eigenvalue weighted by molar-refractivity contribution is -0.137. The van der Waals surface area contributed by atoms with Crippen LogP contribution in [-0.4, -0.2) is 44.3 Å². The Hall–Kier alpha value is -4.04. The fourth-order valence-electron chi connectivity index (χ4n) is 6.44. The second-order valence-corrected chi connectivity index (χ2v) is 12.2. The number of unbranched alkanes of at least 4 members (excludes halogenated alkanes) is 2. The van der Waals surface area contributed by atoms with Crippen LogP contribution in [0.3, 0.4) is 0 Å². The molecule has 0 fully saturated rings. The minimum atomic E-state index is -0.743. The van der Waals surface area contributed by atoms with Gasteiger partial charge >= 0.3 is 11.9 Å². The van der Waals surface area contributed by atoms with Gasteiger partial charge in [-0.1, -0.05) is 29.8 Å². The highest BCUT2D eigenvalue weighted by Crippen LogP contribution is 2.42. The molecule has 0 bridgehead atoms. The number of hydrogen-bond donors (Lipinski definition) is 2. The van der Waals surface area contributed by atoms with Gasteiger partial charge in [-0.05, 0) is 101 Å². The van der Waals surface area contributed by atoms with Gasteiger partial charge < -0.3 is 24.8 Å². The number of aromatic nitrogens is 1. The molecular formula is C36H42ClN3O5. The molecule has 1 aliphatic heterocycles. The van der Waals surface area contributed by atoms with E-state index in [1.165, 1.54) is 55.0 Å². The molecule has 3 aromatic rings. The standard InChI is InChI=1S/C36H42ClN3O5/c1-21-13-15-27-30(19-21)40-29-12-8-7-11-26(29)34(27)38-17-9-6-10-18-45-24-14-16-25(28(37)20-24)33-31(35(41)43-4)22(2)39-23(3)32(33)36(42)44-5/h13-16,19-20,33,39H,6-12,17-18H2,1-5H3,(H,38,40). The van der Waals surface area contributed by atoms with Crippen LogP contribution in [0.5, 0.6) is 5.75 Å². The molecule has 5 rings (SSSR count). The van der Waals surface area contributed by atoms with E-state index in [-0.39, 0.29) is 0 Å². The van der Waals surface area contributed by atoms with E-state index in [9.17, 15) is 9.59 Å². The van der Waals surface area contributed by atoms with E-state index >= 15 is 0 Å². The number of esters is 2. The van der Waals surface area contributed by atoms with Gasteiger partial charge in [0, 0.05) is 39.7 Å². The Bertz CT molecular complexity index is 1640. The lowest BCUT2D eigenvalue weighted by Crippen LogP contribution is -2.32. The number of halogens is 1. The summed E-state index contributed by atoms with van der Waals surface area (Å²) in [6.45, 7) is 7.10. The fourth-order valence-corrected chi connectivity index (χ4v) is 6.72. The molecule has 1 aromatic heterocycles. The van der Waals surface area contributed by atoms with Gasteiger partial charge in [-0.3, -0.25) is 4.98 Å². The number of aryl methyl sites for hydroxylation is 2. The Morgan fingerprint density at radius 3 is 2.33 bits per heavy atom. The lowest BCUT2D eigenvalue weighted by atomic mass is 9.80. The van der Waals surface area contributed by atoms with E-state index in [0.717, 1.165) is 44.2 Å². The van der Waals surface area contributed by atoms with Crippen molar-refractivity contribution in [3.05, 3.63) is 86.3 Å². The molecule has 238 valence electrons. The Balaban J connectivity index is 1.19. The number of pyridine rings is 1. The zero-order valence-electron chi connectivity index (χ0n) is 26.8. The molecule has 2 heterocycles. The first-order chi connectivity index (χ1) is 21.7. The maximum atomic E-state index is 12.8. The summed E-state index contributed by atoms with van der Waals surface area (Å²) in [5, 5.41) is 8.45.